The van der Waals surface area contributed by atoms with E-state index in [-0.39, 0.29) is 0 Å². The van der Waals surface area contributed by atoms with E-state index in [4.69, 9.17) is 5.41 Å². The third-order valence-corrected chi connectivity index (χ3v) is 10.1. The number of nitrogens with one attached hydrogen (secondary N) is 1. The monoisotopic (exact) mass is 569 g/mol. The van der Waals surface area contributed by atoms with Crippen LogP contribution in [0.25, 0.3) is 28.3 Å². The largest absolute Gasteiger partial charge is 0.308 e. The first-order valence-corrected chi connectivity index (χ1v) is 16.2. The van der Waals surface area contributed by atoms with Crippen LogP contribution in [0.15, 0.2) is 78.4 Å². The van der Waals surface area contributed by atoms with Crippen molar-refractivity contribution in [2.45, 2.75) is 59.4 Å². The summed E-state index contributed by atoms with van der Waals surface area (Å²) in [6, 6.07) is 18.9. The molecule has 0 radical (unpaired) electrons. The maximum Gasteiger partial charge on any atom is 0.0357 e. The number of aryl methyl sites for hydroxylation is 2. The van der Waals surface area contributed by atoms with Gasteiger partial charge >= 0.3 is 0 Å². The van der Waals surface area contributed by atoms with Crippen molar-refractivity contribution in [3.63, 3.8) is 0 Å². The highest BCUT2D eigenvalue weighted by atomic mass is 15.2. The van der Waals surface area contributed by atoms with Crippen LogP contribution in [0.2, 0.25) is 0 Å². The first-order valence-electron chi connectivity index (χ1n) is 16.2. The Morgan fingerprint density at radius 1 is 0.953 bits per heavy atom. The molecule has 1 unspecified atom stereocenters. The van der Waals surface area contributed by atoms with Crippen molar-refractivity contribution in [1.29, 1.82) is 5.41 Å². The van der Waals surface area contributed by atoms with E-state index in [1.165, 1.54) is 87.5 Å². The number of benzene rings is 3. The molecule has 0 aromatic heterocycles. The Morgan fingerprint density at radius 2 is 1.65 bits per heavy atom. The smallest absolute Gasteiger partial charge is 0.0357 e. The van der Waals surface area contributed by atoms with Crippen molar-refractivity contribution in [2.24, 2.45) is 5.92 Å². The second-order valence-electron chi connectivity index (χ2n) is 13.1. The minimum Gasteiger partial charge on any atom is -0.308 e. The molecule has 3 nitrogen and oxygen atoms in total. The lowest BCUT2D eigenvalue weighted by Gasteiger charge is -2.42. The van der Waals surface area contributed by atoms with Crippen molar-refractivity contribution in [3.05, 3.63) is 112 Å². The van der Waals surface area contributed by atoms with Crippen LogP contribution < -0.4 is 0 Å². The fraction of sp³-hybridized carbons (Fsp3) is 0.375. The molecule has 0 saturated carbocycles. The van der Waals surface area contributed by atoms with E-state index in [2.05, 4.69) is 111 Å². The molecular formula is C40H47N3. The Bertz CT molecular complexity index is 1590. The fourth-order valence-corrected chi connectivity index (χ4v) is 7.72. The number of nitrogens with zero attached hydrogens (tertiary/aromatic N) is 2. The van der Waals surface area contributed by atoms with Crippen molar-refractivity contribution in [2.75, 3.05) is 32.7 Å². The molecule has 222 valence electrons. The van der Waals surface area contributed by atoms with E-state index >= 15 is 0 Å². The third-order valence-electron chi connectivity index (χ3n) is 10.1. The van der Waals surface area contributed by atoms with Gasteiger partial charge in [0.1, 0.15) is 0 Å². The van der Waals surface area contributed by atoms with Crippen molar-refractivity contribution < 1.29 is 0 Å². The average Bonchev–Trinajstić information content (AvgIpc) is 3.64. The van der Waals surface area contributed by atoms with Gasteiger partial charge in [-0.15, -0.1) is 6.58 Å². The maximum atomic E-state index is 7.96. The molecule has 2 aliphatic heterocycles. The summed E-state index contributed by atoms with van der Waals surface area (Å²) >= 11 is 0. The summed E-state index contributed by atoms with van der Waals surface area (Å²) in [5, 5.41) is 7.96. The molecule has 43 heavy (non-hydrogen) atoms. The summed E-state index contributed by atoms with van der Waals surface area (Å²) in [6.45, 7) is 18.5. The Kier molecular flexibility index (Phi) is 8.66. The Labute approximate surface area is 259 Å². The van der Waals surface area contributed by atoms with Crippen molar-refractivity contribution >= 4 is 12.3 Å². The molecule has 6 rings (SSSR count). The highest BCUT2D eigenvalue weighted by Crippen LogP contribution is 2.44. The number of rotatable bonds is 9. The maximum absolute atomic E-state index is 7.96. The van der Waals surface area contributed by atoms with Crippen LogP contribution in [0.1, 0.15) is 65.6 Å². The van der Waals surface area contributed by atoms with Crippen LogP contribution in [0.4, 0.5) is 0 Å². The second-order valence-corrected chi connectivity index (χ2v) is 13.1. The minimum absolute atomic E-state index is 0.569. The standard InChI is InChI=1S/C40H47N3/c1-6-31-25-43(26-31)39-16-15-34-22-35(21-28(3)40(34)39)36-12-10-14-38(30(36)5)37-13-9-11-33(29(37)4)20-27(2)19-32(23-41)24-42-17-7-8-18-42/h6,9-14,19-23,31,39,41H,1,7-8,15-18,24-26H2,2-5H3/b27-20+,32-19+,41-23?. The van der Waals surface area contributed by atoms with Gasteiger partial charge in [-0.2, -0.15) is 0 Å². The van der Waals surface area contributed by atoms with Gasteiger partial charge in [-0.25, -0.2) is 0 Å². The van der Waals surface area contributed by atoms with Gasteiger partial charge in [-0.05, 0) is 128 Å². The van der Waals surface area contributed by atoms with Gasteiger partial charge in [0.25, 0.3) is 0 Å². The lowest BCUT2D eigenvalue weighted by atomic mass is 9.87. The first-order chi connectivity index (χ1) is 20.9. The zero-order chi connectivity index (χ0) is 30.1. The molecule has 3 aliphatic rings. The highest BCUT2D eigenvalue weighted by Gasteiger charge is 2.36. The van der Waals surface area contributed by atoms with Gasteiger partial charge in [0.2, 0.25) is 0 Å². The molecule has 1 aliphatic carbocycles. The number of likely N-dealkylation sites (tertiary alicyclic amines) is 2. The minimum atomic E-state index is 0.569. The molecule has 0 spiro atoms. The Morgan fingerprint density at radius 3 is 2.37 bits per heavy atom. The van der Waals surface area contributed by atoms with Gasteiger partial charge in [-0.3, -0.25) is 9.80 Å². The molecule has 2 heterocycles. The second kappa shape index (κ2) is 12.6. The van der Waals surface area contributed by atoms with Crippen LogP contribution in [-0.2, 0) is 6.42 Å². The van der Waals surface area contributed by atoms with E-state index in [1.807, 2.05) is 0 Å². The van der Waals surface area contributed by atoms with Gasteiger partial charge < -0.3 is 5.41 Å². The number of fused-ring (bicyclic) bond motifs is 1. The fourth-order valence-electron chi connectivity index (χ4n) is 7.72. The molecule has 2 fully saturated rings. The van der Waals surface area contributed by atoms with Gasteiger partial charge in [-0.1, -0.05) is 72.3 Å². The van der Waals surface area contributed by atoms with Crippen molar-refractivity contribution in [1.82, 2.24) is 9.80 Å². The van der Waals surface area contributed by atoms with E-state index in [1.54, 1.807) is 5.56 Å². The van der Waals surface area contributed by atoms with Crippen LogP contribution in [0.5, 0.6) is 0 Å². The Balaban J connectivity index is 1.28. The van der Waals surface area contributed by atoms with Crippen LogP contribution in [-0.4, -0.2) is 48.7 Å². The van der Waals surface area contributed by atoms with E-state index in [0.29, 0.717) is 12.0 Å². The molecule has 1 N–H and O–H groups in total. The topological polar surface area (TPSA) is 30.3 Å². The van der Waals surface area contributed by atoms with E-state index < -0.39 is 0 Å². The predicted octanol–water partition coefficient (Wildman–Crippen LogP) is 9.13. The SMILES string of the molecule is C=CC1CN(C2CCc3cc(-c4cccc(-c5cccc(/C=C(C)/C=C(\C=N)CN6CCCC6)c5C)c4C)cc(C)c32)C1. The number of hydrogen-bond acceptors (Lipinski definition) is 3. The molecule has 2 saturated heterocycles. The predicted molar refractivity (Wildman–Crippen MR) is 184 cm³/mol. The van der Waals surface area contributed by atoms with Gasteiger partial charge in [0.05, 0.1) is 0 Å². The molecule has 3 aromatic carbocycles. The molecule has 1 atom stereocenters. The lowest BCUT2D eigenvalue weighted by molar-refractivity contribution is 0.0767. The normalized spacial score (nSPS) is 19.9. The molecular weight excluding hydrogens is 522 g/mol. The molecule has 3 heteroatoms. The zero-order valence-electron chi connectivity index (χ0n) is 26.5. The summed E-state index contributed by atoms with van der Waals surface area (Å²) < 4.78 is 0. The zero-order valence-corrected chi connectivity index (χ0v) is 26.5. The van der Waals surface area contributed by atoms with Crippen molar-refractivity contribution in [3.8, 4) is 22.3 Å². The first kappa shape index (κ1) is 29.5. The van der Waals surface area contributed by atoms with Crippen LogP contribution in [0.3, 0.4) is 0 Å². The quantitative estimate of drug-likeness (QED) is 0.158. The van der Waals surface area contributed by atoms with Gasteiger partial charge in [0.15, 0.2) is 0 Å². The van der Waals surface area contributed by atoms with Crippen LogP contribution in [0, 0.1) is 32.1 Å². The summed E-state index contributed by atoms with van der Waals surface area (Å²) in [6.07, 6.45) is 13.1. The van der Waals surface area contributed by atoms with E-state index in [0.717, 1.165) is 38.3 Å². The molecule has 3 aromatic rings. The summed E-state index contributed by atoms with van der Waals surface area (Å²) in [5.74, 6) is 0.658. The summed E-state index contributed by atoms with van der Waals surface area (Å²) in [4.78, 5) is 5.11. The van der Waals surface area contributed by atoms with Gasteiger partial charge in [0, 0.05) is 37.8 Å². The lowest BCUT2D eigenvalue weighted by Crippen LogP contribution is -2.47. The van der Waals surface area contributed by atoms with E-state index in [9.17, 15) is 0 Å². The highest BCUT2D eigenvalue weighted by molar-refractivity contribution is 5.83. The molecule has 0 amide bonds. The number of hydrogen-bond donors (Lipinski definition) is 1. The van der Waals surface area contributed by atoms with Crippen LogP contribution >= 0.6 is 0 Å². The average molecular weight is 570 g/mol. The molecule has 0 bridgehead atoms. The summed E-state index contributed by atoms with van der Waals surface area (Å²) in [7, 11) is 0. The Hall–Kier alpha value is -3.53. The third kappa shape index (κ3) is 5.98. The summed E-state index contributed by atoms with van der Waals surface area (Å²) in [5.41, 5.74) is 16.0. The number of allylic oxidation sites excluding steroid dienone is 2.